The van der Waals surface area contributed by atoms with Crippen LogP contribution in [0.2, 0.25) is 0 Å². The van der Waals surface area contributed by atoms with Gasteiger partial charge in [0.05, 0.1) is 19.8 Å². The average Bonchev–Trinajstić information content (AvgIpc) is 2.31. The van der Waals surface area contributed by atoms with Gasteiger partial charge in [0.25, 0.3) is 0 Å². The maximum Gasteiger partial charge on any atom is 0.0700 e. The van der Waals surface area contributed by atoms with E-state index < -0.39 is 0 Å². The molecule has 0 amide bonds. The van der Waals surface area contributed by atoms with Crippen LogP contribution in [0.25, 0.3) is 0 Å². The summed E-state index contributed by atoms with van der Waals surface area (Å²) < 4.78 is 10.4. The summed E-state index contributed by atoms with van der Waals surface area (Å²) in [6, 6.07) is 0.685. The highest BCUT2D eigenvalue weighted by Gasteiger charge is 2.20. The maximum absolute atomic E-state index is 5.64. The van der Waals surface area contributed by atoms with Crippen molar-refractivity contribution >= 4 is 0 Å². The Kier molecular flexibility index (Phi) is 7.76. The normalized spacial score (nSPS) is 22.5. The first-order valence-corrected chi connectivity index (χ1v) is 6.39. The highest BCUT2D eigenvalue weighted by Crippen LogP contribution is 2.18. The van der Waals surface area contributed by atoms with Gasteiger partial charge in [-0.1, -0.05) is 6.42 Å². The molecule has 4 heteroatoms. The highest BCUT2D eigenvalue weighted by atomic mass is 16.5. The van der Waals surface area contributed by atoms with Gasteiger partial charge in [0.2, 0.25) is 0 Å². The van der Waals surface area contributed by atoms with Crippen molar-refractivity contribution in [2.45, 2.75) is 31.7 Å². The van der Waals surface area contributed by atoms with Crippen molar-refractivity contribution in [3.05, 3.63) is 0 Å². The molecule has 1 aliphatic heterocycles. The summed E-state index contributed by atoms with van der Waals surface area (Å²) in [4.78, 5) is 2.53. The van der Waals surface area contributed by atoms with Gasteiger partial charge in [-0.2, -0.15) is 0 Å². The van der Waals surface area contributed by atoms with Crippen LogP contribution in [0.1, 0.15) is 25.7 Å². The Morgan fingerprint density at radius 3 is 2.88 bits per heavy atom. The summed E-state index contributed by atoms with van der Waals surface area (Å²) in [5.41, 5.74) is 5.64. The lowest BCUT2D eigenvalue weighted by Crippen LogP contribution is -2.42. The van der Waals surface area contributed by atoms with Crippen LogP contribution in [-0.4, -0.2) is 57.5 Å². The molecule has 2 N–H and O–H groups in total. The van der Waals surface area contributed by atoms with E-state index in [1.165, 1.54) is 25.8 Å². The minimum absolute atomic E-state index is 0.685. The van der Waals surface area contributed by atoms with Crippen LogP contribution in [-0.2, 0) is 9.47 Å². The lowest BCUT2D eigenvalue weighted by Gasteiger charge is -2.35. The van der Waals surface area contributed by atoms with Crippen LogP contribution in [0.4, 0.5) is 0 Å². The number of methoxy groups -OCH3 is 1. The second-order valence-corrected chi connectivity index (χ2v) is 4.37. The molecule has 1 unspecified atom stereocenters. The van der Waals surface area contributed by atoms with Crippen molar-refractivity contribution in [3.8, 4) is 0 Å². The molecule has 0 aliphatic carbocycles. The third-order valence-electron chi connectivity index (χ3n) is 3.20. The molecule has 1 heterocycles. The molecule has 1 saturated heterocycles. The second kappa shape index (κ2) is 8.93. The molecule has 1 fully saturated rings. The van der Waals surface area contributed by atoms with Crippen LogP contribution in [0, 0.1) is 0 Å². The average molecular weight is 230 g/mol. The van der Waals surface area contributed by atoms with E-state index in [0.717, 1.165) is 26.1 Å². The van der Waals surface area contributed by atoms with Gasteiger partial charge in [-0.05, 0) is 32.4 Å². The van der Waals surface area contributed by atoms with Crippen molar-refractivity contribution in [2.24, 2.45) is 5.73 Å². The topological polar surface area (TPSA) is 47.7 Å². The van der Waals surface area contributed by atoms with Crippen LogP contribution >= 0.6 is 0 Å². The van der Waals surface area contributed by atoms with E-state index in [2.05, 4.69) is 4.90 Å². The summed E-state index contributed by atoms with van der Waals surface area (Å²) in [6.45, 7) is 5.24. The van der Waals surface area contributed by atoms with Gasteiger partial charge in [0.15, 0.2) is 0 Å². The van der Waals surface area contributed by atoms with Crippen molar-refractivity contribution in [1.29, 1.82) is 0 Å². The van der Waals surface area contributed by atoms with Gasteiger partial charge in [-0.25, -0.2) is 0 Å². The minimum Gasteiger partial charge on any atom is -0.382 e. The number of ether oxygens (including phenoxy) is 2. The number of hydrogen-bond donors (Lipinski definition) is 1. The summed E-state index contributed by atoms with van der Waals surface area (Å²) in [7, 11) is 1.70. The summed E-state index contributed by atoms with van der Waals surface area (Å²) in [5.74, 6) is 0. The van der Waals surface area contributed by atoms with Gasteiger partial charge in [-0.3, -0.25) is 4.90 Å². The van der Waals surface area contributed by atoms with E-state index in [-0.39, 0.29) is 0 Å². The Bertz CT molecular complexity index is 165. The van der Waals surface area contributed by atoms with Gasteiger partial charge >= 0.3 is 0 Å². The molecule has 16 heavy (non-hydrogen) atoms. The van der Waals surface area contributed by atoms with Gasteiger partial charge < -0.3 is 15.2 Å². The molecule has 1 atom stereocenters. The van der Waals surface area contributed by atoms with E-state index in [1.807, 2.05) is 0 Å². The van der Waals surface area contributed by atoms with E-state index in [9.17, 15) is 0 Å². The predicted molar refractivity (Wildman–Crippen MR) is 65.6 cm³/mol. The number of nitrogens with two attached hydrogens (primary N) is 1. The molecule has 0 spiro atoms. The summed E-state index contributed by atoms with van der Waals surface area (Å²) >= 11 is 0. The molecule has 96 valence electrons. The fraction of sp³-hybridized carbons (Fsp3) is 1.00. The largest absolute Gasteiger partial charge is 0.382 e. The smallest absolute Gasteiger partial charge is 0.0700 e. The first-order valence-electron chi connectivity index (χ1n) is 6.39. The van der Waals surface area contributed by atoms with Gasteiger partial charge in [0.1, 0.15) is 0 Å². The van der Waals surface area contributed by atoms with Crippen molar-refractivity contribution in [1.82, 2.24) is 4.90 Å². The van der Waals surface area contributed by atoms with Crippen molar-refractivity contribution in [3.63, 3.8) is 0 Å². The highest BCUT2D eigenvalue weighted by molar-refractivity contribution is 4.76. The Hall–Kier alpha value is -0.160. The van der Waals surface area contributed by atoms with Gasteiger partial charge in [-0.15, -0.1) is 0 Å². The molecule has 4 nitrogen and oxygen atoms in total. The first kappa shape index (κ1) is 13.9. The Labute approximate surface area is 99.1 Å². The Morgan fingerprint density at radius 1 is 1.25 bits per heavy atom. The third kappa shape index (κ3) is 5.25. The van der Waals surface area contributed by atoms with Crippen LogP contribution in [0.15, 0.2) is 0 Å². The quantitative estimate of drug-likeness (QED) is 0.628. The molecular formula is C12H26N2O2. The third-order valence-corrected chi connectivity index (χ3v) is 3.20. The number of nitrogens with zero attached hydrogens (tertiary/aromatic N) is 1. The summed E-state index contributed by atoms with van der Waals surface area (Å²) in [6.07, 6.45) is 5.10. The van der Waals surface area contributed by atoms with Crippen LogP contribution in [0.5, 0.6) is 0 Å². The fourth-order valence-electron chi connectivity index (χ4n) is 2.30. The SMILES string of the molecule is COCCOCCN1CCCCC1CCN. The predicted octanol–water partition coefficient (Wildman–Crippen LogP) is 0.853. The van der Waals surface area contributed by atoms with Crippen LogP contribution < -0.4 is 5.73 Å². The Balaban J connectivity index is 2.11. The lowest BCUT2D eigenvalue weighted by molar-refractivity contribution is 0.0414. The minimum atomic E-state index is 0.685. The van der Waals surface area contributed by atoms with E-state index in [0.29, 0.717) is 19.3 Å². The standard InChI is InChI=1S/C12H26N2O2/c1-15-10-11-16-9-8-14-7-3-2-4-12(14)5-6-13/h12H,2-11,13H2,1H3. The molecular weight excluding hydrogens is 204 g/mol. The molecule has 1 aliphatic rings. The molecule has 0 aromatic rings. The zero-order chi connectivity index (χ0) is 11.6. The van der Waals surface area contributed by atoms with Crippen molar-refractivity contribution < 1.29 is 9.47 Å². The van der Waals surface area contributed by atoms with Crippen LogP contribution in [0.3, 0.4) is 0 Å². The zero-order valence-electron chi connectivity index (χ0n) is 10.5. The molecule has 0 saturated carbocycles. The molecule has 0 bridgehead atoms. The number of likely N-dealkylation sites (tertiary alicyclic amines) is 1. The van der Waals surface area contributed by atoms with Crippen molar-refractivity contribution in [2.75, 3.05) is 46.6 Å². The van der Waals surface area contributed by atoms with E-state index >= 15 is 0 Å². The molecule has 0 aromatic carbocycles. The summed E-state index contributed by atoms with van der Waals surface area (Å²) in [5, 5.41) is 0. The first-order chi connectivity index (χ1) is 7.88. The maximum atomic E-state index is 5.64. The monoisotopic (exact) mass is 230 g/mol. The molecule has 0 radical (unpaired) electrons. The zero-order valence-corrected chi connectivity index (χ0v) is 10.5. The van der Waals surface area contributed by atoms with E-state index in [4.69, 9.17) is 15.2 Å². The fourth-order valence-corrected chi connectivity index (χ4v) is 2.30. The molecule has 1 rings (SSSR count). The lowest BCUT2D eigenvalue weighted by atomic mass is 9.99. The molecule has 0 aromatic heterocycles. The Morgan fingerprint density at radius 2 is 2.12 bits per heavy atom. The second-order valence-electron chi connectivity index (χ2n) is 4.37. The van der Waals surface area contributed by atoms with E-state index in [1.54, 1.807) is 7.11 Å². The van der Waals surface area contributed by atoms with Gasteiger partial charge in [0, 0.05) is 19.7 Å². The number of hydrogen-bond acceptors (Lipinski definition) is 4. The number of rotatable bonds is 8. The number of piperidine rings is 1.